The van der Waals surface area contributed by atoms with Gasteiger partial charge in [0.2, 0.25) is 11.8 Å². The second kappa shape index (κ2) is 16.0. The molecule has 0 aliphatic heterocycles. The van der Waals surface area contributed by atoms with E-state index in [-0.39, 0.29) is 37.4 Å². The number of amides is 2. The molecule has 2 amide bonds. The Morgan fingerprint density at radius 3 is 2.29 bits per heavy atom. The van der Waals surface area contributed by atoms with Crippen molar-refractivity contribution in [2.24, 2.45) is 5.73 Å². The number of para-hydroxylation sites is 2. The third kappa shape index (κ3) is 9.41. The fourth-order valence-electron chi connectivity index (χ4n) is 5.22. The molecular formula is C38H32Cl2F3N3O3. The molecule has 0 fully saturated rings. The van der Waals surface area contributed by atoms with Crippen molar-refractivity contribution in [1.29, 1.82) is 0 Å². The van der Waals surface area contributed by atoms with Crippen LogP contribution in [0.4, 0.5) is 18.9 Å². The maximum Gasteiger partial charge on any atom is 0.416 e. The van der Waals surface area contributed by atoms with Gasteiger partial charge in [-0.25, -0.2) is 0 Å². The van der Waals surface area contributed by atoms with E-state index in [1.54, 1.807) is 48.5 Å². The van der Waals surface area contributed by atoms with Crippen molar-refractivity contribution in [2.75, 3.05) is 4.90 Å². The molecule has 0 spiro atoms. The number of ether oxygens (including phenoxy) is 1. The largest absolute Gasteiger partial charge is 0.455 e. The number of anilines is 1. The molecular weight excluding hydrogens is 674 g/mol. The van der Waals surface area contributed by atoms with Crippen LogP contribution < -0.4 is 20.7 Å². The van der Waals surface area contributed by atoms with E-state index >= 15 is 0 Å². The summed E-state index contributed by atoms with van der Waals surface area (Å²) in [5.41, 5.74) is 8.63. The van der Waals surface area contributed by atoms with E-state index in [1.165, 1.54) is 23.1 Å². The Kier molecular flexibility index (Phi) is 11.6. The molecule has 0 radical (unpaired) electrons. The van der Waals surface area contributed by atoms with Crippen molar-refractivity contribution in [3.8, 4) is 22.6 Å². The number of benzene rings is 5. The van der Waals surface area contributed by atoms with Gasteiger partial charge in [-0.2, -0.15) is 13.2 Å². The third-order valence-corrected chi connectivity index (χ3v) is 8.28. The average Bonchev–Trinajstić information content (AvgIpc) is 3.10. The molecule has 49 heavy (non-hydrogen) atoms. The Labute approximate surface area is 292 Å². The van der Waals surface area contributed by atoms with Crippen LogP contribution in [0.15, 0.2) is 115 Å². The van der Waals surface area contributed by atoms with E-state index in [0.717, 1.165) is 28.3 Å². The number of nitrogens with one attached hydrogen (secondary N) is 1. The lowest BCUT2D eigenvalue weighted by Crippen LogP contribution is -2.32. The van der Waals surface area contributed by atoms with Gasteiger partial charge in [-0.05, 0) is 70.8 Å². The van der Waals surface area contributed by atoms with Gasteiger partial charge >= 0.3 is 6.18 Å². The van der Waals surface area contributed by atoms with Crippen molar-refractivity contribution >= 4 is 40.7 Å². The fraction of sp³-hybridized carbons (Fsp3) is 0.158. The van der Waals surface area contributed by atoms with Gasteiger partial charge < -0.3 is 20.7 Å². The normalized spacial score (nSPS) is 11.2. The van der Waals surface area contributed by atoms with Crippen LogP contribution in [0.2, 0.25) is 10.0 Å². The first kappa shape index (κ1) is 35.5. The number of rotatable bonds is 12. The second-order valence-electron chi connectivity index (χ2n) is 11.2. The van der Waals surface area contributed by atoms with E-state index < -0.39 is 17.6 Å². The lowest BCUT2D eigenvalue weighted by Gasteiger charge is -2.25. The van der Waals surface area contributed by atoms with Crippen molar-refractivity contribution in [2.45, 2.75) is 38.7 Å². The fourth-order valence-corrected chi connectivity index (χ4v) is 5.62. The predicted molar refractivity (Wildman–Crippen MR) is 186 cm³/mol. The lowest BCUT2D eigenvalue weighted by molar-refractivity contribution is -0.138. The highest BCUT2D eigenvalue weighted by molar-refractivity contribution is 6.35. The van der Waals surface area contributed by atoms with Crippen LogP contribution in [0.3, 0.4) is 0 Å². The van der Waals surface area contributed by atoms with Crippen LogP contribution in [0.5, 0.6) is 11.5 Å². The molecule has 6 nitrogen and oxygen atoms in total. The highest BCUT2D eigenvalue weighted by atomic mass is 35.5. The number of nitrogens with zero attached hydrogens (tertiary/aromatic N) is 1. The molecule has 5 aromatic rings. The highest BCUT2D eigenvalue weighted by Gasteiger charge is 2.33. The van der Waals surface area contributed by atoms with Gasteiger partial charge in [0.15, 0.2) is 5.75 Å². The van der Waals surface area contributed by atoms with E-state index in [0.29, 0.717) is 33.8 Å². The van der Waals surface area contributed by atoms with Gasteiger partial charge in [-0.1, -0.05) is 89.9 Å². The molecule has 5 aromatic carbocycles. The zero-order chi connectivity index (χ0) is 35.0. The summed E-state index contributed by atoms with van der Waals surface area (Å²) >= 11 is 12.6. The van der Waals surface area contributed by atoms with Gasteiger partial charge in [0.1, 0.15) is 5.75 Å². The standard InChI is InChI=1S/C38H32Cl2F3N3O3/c39-29-16-17-33(40)31(21-29)27-14-12-25(13-15-27)24-46(34-10-3-4-11-35(34)49-30-8-5-6-26(20-30)22-44)37(48)19-18-36(47)45-23-28-7-1-2-9-32(28)38(41,42)43/h1-17,20-21H,18-19,22-24,44H2,(H,45,47). The number of carbonyl (C=O) groups is 2. The summed E-state index contributed by atoms with van der Waals surface area (Å²) in [6, 6.07) is 32.0. The molecule has 0 unspecified atom stereocenters. The van der Waals surface area contributed by atoms with Gasteiger partial charge in [0, 0.05) is 41.5 Å². The molecule has 11 heteroatoms. The van der Waals surface area contributed by atoms with Crippen LogP contribution in [0.1, 0.15) is 35.1 Å². The van der Waals surface area contributed by atoms with Crippen LogP contribution in [0, 0.1) is 0 Å². The molecule has 0 bridgehead atoms. The Morgan fingerprint density at radius 2 is 1.53 bits per heavy atom. The highest BCUT2D eigenvalue weighted by Crippen LogP contribution is 2.36. The topological polar surface area (TPSA) is 84.7 Å². The van der Waals surface area contributed by atoms with Crippen LogP contribution >= 0.6 is 23.2 Å². The number of hydrogen-bond donors (Lipinski definition) is 2. The monoisotopic (exact) mass is 705 g/mol. The lowest BCUT2D eigenvalue weighted by atomic mass is 10.0. The first-order chi connectivity index (χ1) is 23.5. The van der Waals surface area contributed by atoms with E-state index in [4.69, 9.17) is 33.7 Å². The SMILES string of the molecule is NCc1cccc(Oc2ccccc2N(Cc2ccc(-c3cc(Cl)ccc3Cl)cc2)C(=O)CCC(=O)NCc2ccccc2C(F)(F)F)c1. The van der Waals surface area contributed by atoms with Crippen molar-refractivity contribution < 1.29 is 27.5 Å². The summed E-state index contributed by atoms with van der Waals surface area (Å²) in [6.45, 7) is 0.129. The third-order valence-electron chi connectivity index (χ3n) is 7.72. The van der Waals surface area contributed by atoms with Crippen molar-refractivity contribution in [3.05, 3.63) is 148 Å². The summed E-state index contributed by atoms with van der Waals surface area (Å²) in [6.07, 6.45) is -5.01. The maximum atomic E-state index is 13.9. The van der Waals surface area contributed by atoms with E-state index in [2.05, 4.69) is 5.32 Å². The van der Waals surface area contributed by atoms with Crippen molar-refractivity contribution in [1.82, 2.24) is 5.32 Å². The van der Waals surface area contributed by atoms with Crippen molar-refractivity contribution in [3.63, 3.8) is 0 Å². The average molecular weight is 707 g/mol. The summed E-state index contributed by atoms with van der Waals surface area (Å²) in [4.78, 5) is 28.2. The Balaban J connectivity index is 1.37. The molecule has 0 saturated heterocycles. The first-order valence-electron chi connectivity index (χ1n) is 15.3. The van der Waals surface area contributed by atoms with Gasteiger partial charge in [0.25, 0.3) is 0 Å². The van der Waals surface area contributed by atoms with Gasteiger partial charge in [-0.3, -0.25) is 9.59 Å². The summed E-state index contributed by atoms with van der Waals surface area (Å²) in [5.74, 6) is -0.0136. The number of hydrogen-bond acceptors (Lipinski definition) is 4. The molecule has 3 N–H and O–H groups in total. The second-order valence-corrected chi connectivity index (χ2v) is 12.0. The number of alkyl halides is 3. The molecule has 0 atom stereocenters. The molecule has 0 aliphatic carbocycles. The Morgan fingerprint density at radius 1 is 0.796 bits per heavy atom. The quantitative estimate of drug-likeness (QED) is 0.135. The number of halogens is 5. The minimum atomic E-state index is -4.56. The molecule has 5 rings (SSSR count). The maximum absolute atomic E-state index is 13.9. The first-order valence-corrected chi connectivity index (χ1v) is 16.1. The predicted octanol–water partition coefficient (Wildman–Crippen LogP) is 9.56. The minimum absolute atomic E-state index is 0.0661. The summed E-state index contributed by atoms with van der Waals surface area (Å²) in [5, 5.41) is 3.60. The van der Waals surface area contributed by atoms with Crippen LogP contribution in [-0.2, 0) is 35.4 Å². The molecule has 0 saturated carbocycles. The number of nitrogens with two attached hydrogens (primary N) is 1. The molecule has 252 valence electrons. The van der Waals surface area contributed by atoms with E-state index in [9.17, 15) is 22.8 Å². The Bertz CT molecular complexity index is 1930. The summed E-state index contributed by atoms with van der Waals surface area (Å²) in [7, 11) is 0. The van der Waals surface area contributed by atoms with Crippen LogP contribution in [-0.4, -0.2) is 11.8 Å². The summed E-state index contributed by atoms with van der Waals surface area (Å²) < 4.78 is 46.5. The Hall–Kier alpha value is -4.83. The smallest absolute Gasteiger partial charge is 0.416 e. The molecule has 0 aliphatic rings. The van der Waals surface area contributed by atoms with Gasteiger partial charge in [-0.15, -0.1) is 0 Å². The molecule has 0 aromatic heterocycles. The van der Waals surface area contributed by atoms with Crippen LogP contribution in [0.25, 0.3) is 11.1 Å². The van der Waals surface area contributed by atoms with Gasteiger partial charge in [0.05, 0.1) is 17.8 Å². The van der Waals surface area contributed by atoms with E-state index in [1.807, 2.05) is 42.5 Å². The molecule has 0 heterocycles. The minimum Gasteiger partial charge on any atom is -0.455 e. The zero-order valence-electron chi connectivity index (χ0n) is 26.1. The zero-order valence-corrected chi connectivity index (χ0v) is 27.7. The number of carbonyl (C=O) groups excluding carboxylic acids is 2.